The van der Waals surface area contributed by atoms with Crippen molar-refractivity contribution in [2.45, 2.75) is 44.1 Å². The van der Waals surface area contributed by atoms with Gasteiger partial charge < -0.3 is 10.6 Å². The first kappa shape index (κ1) is 12.7. The Hall–Kier alpha value is -1.35. The molecule has 1 heterocycles. The average molecular weight is 258 g/mol. The molecule has 1 saturated carbocycles. The van der Waals surface area contributed by atoms with E-state index >= 15 is 0 Å². The van der Waals surface area contributed by atoms with Gasteiger partial charge in [0.2, 0.25) is 5.91 Å². The average Bonchev–Trinajstić information content (AvgIpc) is 2.97. The fraction of sp³-hybridized carbons (Fsp3) is 0.562. The van der Waals surface area contributed by atoms with Gasteiger partial charge >= 0.3 is 0 Å². The van der Waals surface area contributed by atoms with E-state index in [1.807, 2.05) is 24.0 Å². The second-order valence-corrected chi connectivity index (χ2v) is 6.04. The number of hydrogen-bond acceptors (Lipinski definition) is 2. The Balaban J connectivity index is 1.79. The molecule has 3 nitrogen and oxygen atoms in total. The molecule has 0 spiro atoms. The van der Waals surface area contributed by atoms with Gasteiger partial charge in [-0.25, -0.2) is 0 Å². The SMILES string of the molecule is CC(C(=O)N1CCCC1)c1cccc(C2(N)CC2)c1. The molecular formula is C16H22N2O. The van der Waals surface area contributed by atoms with Crippen LogP contribution in [-0.2, 0) is 10.3 Å². The van der Waals surface area contributed by atoms with Crippen LogP contribution in [0.3, 0.4) is 0 Å². The Labute approximate surface area is 114 Å². The maximum absolute atomic E-state index is 12.4. The van der Waals surface area contributed by atoms with Crippen molar-refractivity contribution in [1.82, 2.24) is 4.90 Å². The zero-order chi connectivity index (χ0) is 13.5. The van der Waals surface area contributed by atoms with E-state index in [1.165, 1.54) is 5.56 Å². The maximum Gasteiger partial charge on any atom is 0.229 e. The maximum atomic E-state index is 12.4. The van der Waals surface area contributed by atoms with E-state index in [1.54, 1.807) is 0 Å². The van der Waals surface area contributed by atoms with E-state index in [9.17, 15) is 4.79 Å². The molecule has 0 aromatic heterocycles. The molecule has 1 unspecified atom stereocenters. The number of carbonyl (C=O) groups excluding carboxylic acids is 1. The first-order valence-corrected chi connectivity index (χ1v) is 7.28. The number of benzene rings is 1. The Kier molecular flexibility index (Phi) is 3.09. The molecule has 0 bridgehead atoms. The molecule has 2 fully saturated rings. The predicted octanol–water partition coefficient (Wildman–Crippen LogP) is 2.36. The summed E-state index contributed by atoms with van der Waals surface area (Å²) >= 11 is 0. The van der Waals surface area contributed by atoms with Crippen molar-refractivity contribution in [2.24, 2.45) is 5.73 Å². The first-order valence-electron chi connectivity index (χ1n) is 7.28. The van der Waals surface area contributed by atoms with Gasteiger partial charge in [-0.05, 0) is 43.7 Å². The van der Waals surface area contributed by atoms with E-state index < -0.39 is 0 Å². The molecule has 1 aliphatic carbocycles. The van der Waals surface area contributed by atoms with Crippen LogP contribution in [-0.4, -0.2) is 23.9 Å². The van der Waals surface area contributed by atoms with Crippen molar-refractivity contribution >= 4 is 5.91 Å². The van der Waals surface area contributed by atoms with Crippen LogP contribution in [0.5, 0.6) is 0 Å². The van der Waals surface area contributed by atoms with Crippen molar-refractivity contribution in [3.05, 3.63) is 35.4 Å². The van der Waals surface area contributed by atoms with Gasteiger partial charge in [0.25, 0.3) is 0 Å². The Morgan fingerprint density at radius 3 is 2.63 bits per heavy atom. The molecule has 1 aromatic carbocycles. The second kappa shape index (κ2) is 4.64. The molecule has 3 heteroatoms. The van der Waals surface area contributed by atoms with E-state index in [2.05, 4.69) is 12.1 Å². The molecule has 1 atom stereocenters. The summed E-state index contributed by atoms with van der Waals surface area (Å²) in [6.45, 7) is 3.85. The summed E-state index contributed by atoms with van der Waals surface area (Å²) in [6.07, 6.45) is 4.41. The summed E-state index contributed by atoms with van der Waals surface area (Å²) in [6, 6.07) is 8.30. The van der Waals surface area contributed by atoms with Crippen LogP contribution in [0, 0.1) is 0 Å². The number of nitrogens with two attached hydrogens (primary N) is 1. The Morgan fingerprint density at radius 2 is 2.00 bits per heavy atom. The normalized spacial score (nSPS) is 22.3. The lowest BCUT2D eigenvalue weighted by molar-refractivity contribution is -0.131. The Bertz CT molecular complexity index is 487. The predicted molar refractivity (Wildman–Crippen MR) is 75.8 cm³/mol. The molecule has 3 rings (SSSR count). The molecule has 2 N–H and O–H groups in total. The van der Waals surface area contributed by atoms with Gasteiger partial charge in [0.1, 0.15) is 0 Å². The van der Waals surface area contributed by atoms with Gasteiger partial charge in [0.15, 0.2) is 0 Å². The number of nitrogens with zero attached hydrogens (tertiary/aromatic N) is 1. The lowest BCUT2D eigenvalue weighted by Crippen LogP contribution is -2.31. The summed E-state index contributed by atoms with van der Waals surface area (Å²) in [5.41, 5.74) is 8.41. The summed E-state index contributed by atoms with van der Waals surface area (Å²) < 4.78 is 0. The summed E-state index contributed by atoms with van der Waals surface area (Å²) in [5.74, 6) is 0.205. The molecule has 1 aliphatic heterocycles. The summed E-state index contributed by atoms with van der Waals surface area (Å²) in [4.78, 5) is 14.4. The third kappa shape index (κ3) is 2.39. The van der Waals surface area contributed by atoms with E-state index in [0.717, 1.165) is 44.3 Å². The van der Waals surface area contributed by atoms with Gasteiger partial charge in [0.05, 0.1) is 5.92 Å². The number of amides is 1. The van der Waals surface area contributed by atoms with Crippen LogP contribution in [0.15, 0.2) is 24.3 Å². The lowest BCUT2D eigenvalue weighted by Gasteiger charge is -2.21. The highest BCUT2D eigenvalue weighted by molar-refractivity contribution is 5.83. The minimum atomic E-state index is -0.119. The van der Waals surface area contributed by atoms with Crippen LogP contribution in [0.4, 0.5) is 0 Å². The van der Waals surface area contributed by atoms with Crippen LogP contribution in [0.2, 0.25) is 0 Å². The van der Waals surface area contributed by atoms with Crippen molar-refractivity contribution < 1.29 is 4.79 Å². The minimum absolute atomic E-state index is 0.0552. The van der Waals surface area contributed by atoms with Crippen LogP contribution < -0.4 is 5.73 Å². The molecule has 0 radical (unpaired) electrons. The zero-order valence-electron chi connectivity index (χ0n) is 11.6. The van der Waals surface area contributed by atoms with E-state index in [0.29, 0.717) is 0 Å². The summed E-state index contributed by atoms with van der Waals surface area (Å²) in [7, 11) is 0. The fourth-order valence-corrected chi connectivity index (χ4v) is 2.90. The van der Waals surface area contributed by atoms with Crippen LogP contribution in [0.1, 0.15) is 49.7 Å². The molecule has 102 valence electrons. The second-order valence-electron chi connectivity index (χ2n) is 6.04. The highest BCUT2D eigenvalue weighted by Crippen LogP contribution is 2.43. The molecule has 19 heavy (non-hydrogen) atoms. The van der Waals surface area contributed by atoms with Gasteiger partial charge in [-0.1, -0.05) is 24.3 Å². The number of rotatable bonds is 3. The van der Waals surface area contributed by atoms with Gasteiger partial charge in [-0.15, -0.1) is 0 Å². The van der Waals surface area contributed by atoms with Gasteiger partial charge in [-0.2, -0.15) is 0 Å². The van der Waals surface area contributed by atoms with E-state index in [-0.39, 0.29) is 17.4 Å². The van der Waals surface area contributed by atoms with Gasteiger partial charge in [-0.3, -0.25) is 4.79 Å². The summed E-state index contributed by atoms with van der Waals surface area (Å²) in [5, 5.41) is 0. The number of hydrogen-bond donors (Lipinski definition) is 1. The van der Waals surface area contributed by atoms with Crippen molar-refractivity contribution in [2.75, 3.05) is 13.1 Å². The topological polar surface area (TPSA) is 46.3 Å². The monoisotopic (exact) mass is 258 g/mol. The molecular weight excluding hydrogens is 236 g/mol. The lowest BCUT2D eigenvalue weighted by atomic mass is 9.95. The molecule has 2 aliphatic rings. The van der Waals surface area contributed by atoms with Crippen LogP contribution >= 0.6 is 0 Å². The minimum Gasteiger partial charge on any atom is -0.342 e. The number of likely N-dealkylation sites (tertiary alicyclic amines) is 1. The van der Waals surface area contributed by atoms with Crippen molar-refractivity contribution in [1.29, 1.82) is 0 Å². The van der Waals surface area contributed by atoms with Crippen molar-refractivity contribution in [3.8, 4) is 0 Å². The smallest absolute Gasteiger partial charge is 0.229 e. The largest absolute Gasteiger partial charge is 0.342 e. The third-order valence-corrected chi connectivity index (χ3v) is 4.54. The molecule has 1 aromatic rings. The number of carbonyl (C=O) groups is 1. The zero-order valence-corrected chi connectivity index (χ0v) is 11.6. The van der Waals surface area contributed by atoms with Crippen molar-refractivity contribution in [3.63, 3.8) is 0 Å². The first-order chi connectivity index (χ1) is 9.10. The fourth-order valence-electron chi connectivity index (χ4n) is 2.90. The van der Waals surface area contributed by atoms with Crippen LogP contribution in [0.25, 0.3) is 0 Å². The highest BCUT2D eigenvalue weighted by Gasteiger charge is 2.40. The highest BCUT2D eigenvalue weighted by atomic mass is 16.2. The third-order valence-electron chi connectivity index (χ3n) is 4.54. The van der Waals surface area contributed by atoms with E-state index in [4.69, 9.17) is 5.73 Å². The Morgan fingerprint density at radius 1 is 1.32 bits per heavy atom. The molecule has 1 amide bonds. The quantitative estimate of drug-likeness (QED) is 0.904. The van der Waals surface area contributed by atoms with Gasteiger partial charge in [0, 0.05) is 18.6 Å². The molecule has 1 saturated heterocycles. The standard InChI is InChI=1S/C16H22N2O/c1-12(15(19)18-9-2-3-10-18)13-5-4-6-14(11-13)16(17)7-8-16/h4-6,11-12H,2-3,7-10,17H2,1H3.